The average Bonchev–Trinajstić information content (AvgIpc) is 3.40. The van der Waals surface area contributed by atoms with Crippen LogP contribution in [-0.2, 0) is 4.79 Å². The highest BCUT2D eigenvalue weighted by Crippen LogP contribution is 2.63. The number of aryl methyl sites for hydroxylation is 1. The molecule has 3 aliphatic rings. The molecular weight excluding hydrogens is 530 g/mol. The zero-order valence-electron chi connectivity index (χ0n) is 25.0. The summed E-state index contributed by atoms with van der Waals surface area (Å²) in [5.41, 5.74) is 1.70. The van der Waals surface area contributed by atoms with E-state index in [1.54, 1.807) is 36.4 Å². The summed E-state index contributed by atoms with van der Waals surface area (Å²) in [7, 11) is 4.56. The molecule has 0 saturated carbocycles. The first kappa shape index (κ1) is 27.8. The third-order valence-corrected chi connectivity index (χ3v) is 9.04. The lowest BCUT2D eigenvalue weighted by molar-refractivity contribution is -0.127. The molecule has 0 N–H and O–H groups in total. The topological polar surface area (TPSA) is 82.1 Å². The highest BCUT2D eigenvalue weighted by molar-refractivity contribution is 6.32. The van der Waals surface area contributed by atoms with Crippen LogP contribution in [0.5, 0.6) is 17.2 Å². The van der Waals surface area contributed by atoms with Crippen molar-refractivity contribution in [1.29, 1.82) is 0 Å². The second-order valence-corrected chi connectivity index (χ2v) is 12.3. The molecule has 7 heteroatoms. The van der Waals surface area contributed by atoms with Crippen molar-refractivity contribution in [2.24, 2.45) is 10.8 Å². The van der Waals surface area contributed by atoms with Gasteiger partial charge in [-0.2, -0.15) is 0 Å². The third kappa shape index (κ3) is 3.55. The number of rotatable bonds is 5. The van der Waals surface area contributed by atoms with Crippen molar-refractivity contribution < 1.29 is 28.6 Å². The summed E-state index contributed by atoms with van der Waals surface area (Å²) in [5, 5.41) is 0. The predicted molar refractivity (Wildman–Crippen MR) is 161 cm³/mol. The maximum atomic E-state index is 14.8. The van der Waals surface area contributed by atoms with Gasteiger partial charge in [0.1, 0.15) is 5.41 Å². The maximum Gasteiger partial charge on any atom is 0.203 e. The summed E-state index contributed by atoms with van der Waals surface area (Å²) in [6.07, 6.45) is 3.90. The molecule has 6 rings (SSSR count). The lowest BCUT2D eigenvalue weighted by Gasteiger charge is -2.38. The summed E-state index contributed by atoms with van der Waals surface area (Å²) < 4.78 is 17.3. The van der Waals surface area contributed by atoms with E-state index in [2.05, 4.69) is 6.07 Å². The summed E-state index contributed by atoms with van der Waals surface area (Å²) >= 11 is 0. The Bertz CT molecular complexity index is 1640. The fourth-order valence-corrected chi connectivity index (χ4v) is 7.25. The molecule has 2 aliphatic heterocycles. The van der Waals surface area contributed by atoms with E-state index >= 15 is 0 Å². The van der Waals surface area contributed by atoms with E-state index in [9.17, 15) is 14.4 Å². The van der Waals surface area contributed by atoms with Crippen LogP contribution in [-0.4, -0.2) is 50.8 Å². The SMILES string of the molecule is COc1ccc([C@@H]2[C@@H](C(=O)C(C)(C)C)N3c4ccc(C)cc4C=C[C@@H]3C23C(=O)c2ccccc2C3=O)c(OC)c1OC. The number of methoxy groups -OCH3 is 3. The Morgan fingerprint density at radius 1 is 0.857 bits per heavy atom. The van der Waals surface area contributed by atoms with Crippen LogP contribution in [0.4, 0.5) is 5.69 Å². The number of hydrogen-bond donors (Lipinski definition) is 0. The summed E-state index contributed by atoms with van der Waals surface area (Å²) in [6, 6.07) is 15.0. The highest BCUT2D eigenvalue weighted by atomic mass is 16.5. The van der Waals surface area contributed by atoms with Gasteiger partial charge >= 0.3 is 0 Å². The van der Waals surface area contributed by atoms with E-state index < -0.39 is 28.8 Å². The normalized spacial score (nSPS) is 21.7. The van der Waals surface area contributed by atoms with Gasteiger partial charge in [0, 0.05) is 33.7 Å². The van der Waals surface area contributed by atoms with Gasteiger partial charge in [0.05, 0.1) is 33.4 Å². The zero-order chi connectivity index (χ0) is 30.1. The number of nitrogens with zero attached hydrogens (tertiary/aromatic N) is 1. The van der Waals surface area contributed by atoms with Crippen LogP contribution >= 0.6 is 0 Å². The average molecular weight is 566 g/mol. The van der Waals surface area contributed by atoms with Crippen LogP contribution in [0.15, 0.2) is 60.7 Å². The number of anilines is 1. The van der Waals surface area contributed by atoms with Gasteiger partial charge in [0.15, 0.2) is 28.8 Å². The summed E-state index contributed by atoms with van der Waals surface area (Å²) in [6.45, 7) is 7.64. The molecule has 7 nitrogen and oxygen atoms in total. The molecule has 1 saturated heterocycles. The smallest absolute Gasteiger partial charge is 0.203 e. The van der Waals surface area contributed by atoms with Crippen LogP contribution in [0.25, 0.3) is 6.08 Å². The van der Waals surface area contributed by atoms with Crippen LogP contribution in [0.3, 0.4) is 0 Å². The molecule has 0 radical (unpaired) electrons. The fraction of sp³-hybridized carbons (Fsp3) is 0.343. The lowest BCUT2D eigenvalue weighted by atomic mass is 9.63. The highest BCUT2D eigenvalue weighted by Gasteiger charge is 2.72. The number of hydrogen-bond acceptors (Lipinski definition) is 7. The number of carbonyl (C=O) groups excluding carboxylic acids is 3. The van der Waals surface area contributed by atoms with Gasteiger partial charge in [-0.25, -0.2) is 0 Å². The van der Waals surface area contributed by atoms with E-state index in [1.807, 2.05) is 56.9 Å². The Morgan fingerprint density at radius 3 is 2.07 bits per heavy atom. The Hall–Kier alpha value is -4.39. The number of ketones is 3. The largest absolute Gasteiger partial charge is 0.493 e. The maximum absolute atomic E-state index is 14.8. The molecule has 42 heavy (non-hydrogen) atoms. The fourth-order valence-electron chi connectivity index (χ4n) is 7.25. The van der Waals surface area contributed by atoms with Gasteiger partial charge in [0.25, 0.3) is 0 Å². The number of carbonyl (C=O) groups is 3. The van der Waals surface area contributed by atoms with Crippen LogP contribution < -0.4 is 19.1 Å². The second-order valence-electron chi connectivity index (χ2n) is 12.3. The molecule has 1 spiro atoms. The van der Waals surface area contributed by atoms with Gasteiger partial charge in [-0.15, -0.1) is 0 Å². The van der Waals surface area contributed by atoms with Gasteiger partial charge in [-0.05, 0) is 30.7 Å². The molecule has 3 atom stereocenters. The van der Waals surface area contributed by atoms with Crippen molar-refractivity contribution in [2.45, 2.75) is 45.7 Å². The van der Waals surface area contributed by atoms with Crippen molar-refractivity contribution in [3.8, 4) is 17.2 Å². The Morgan fingerprint density at radius 2 is 1.50 bits per heavy atom. The standard InChI is InChI=1S/C35H35NO6/c1-19-12-15-24-20(18-19)13-17-26-35(31(37)21-10-8-9-11-22(21)32(35)38)27(28(36(24)26)33(39)34(2,3)4)23-14-16-25(40-5)30(42-7)29(23)41-6/h8-18,26-28H,1-7H3/t26-,27-,28+/m1/s1. The molecule has 3 aromatic rings. The van der Waals surface area contributed by atoms with E-state index in [4.69, 9.17) is 14.2 Å². The monoisotopic (exact) mass is 565 g/mol. The van der Waals surface area contributed by atoms with Gasteiger partial charge in [-0.1, -0.05) is 74.9 Å². The Kier molecular flexibility index (Phi) is 6.33. The molecule has 1 aliphatic carbocycles. The lowest BCUT2D eigenvalue weighted by Crippen LogP contribution is -2.49. The number of fused-ring (bicyclic) bond motifs is 5. The van der Waals surface area contributed by atoms with Crippen molar-refractivity contribution in [3.63, 3.8) is 0 Å². The van der Waals surface area contributed by atoms with E-state index in [0.29, 0.717) is 33.9 Å². The Labute approximate surface area is 246 Å². The van der Waals surface area contributed by atoms with E-state index in [-0.39, 0.29) is 17.3 Å². The first-order valence-corrected chi connectivity index (χ1v) is 14.1. The van der Waals surface area contributed by atoms with Gasteiger partial charge in [0.2, 0.25) is 5.75 Å². The van der Waals surface area contributed by atoms with Crippen LogP contribution in [0.2, 0.25) is 0 Å². The van der Waals surface area contributed by atoms with Gasteiger partial charge in [-0.3, -0.25) is 14.4 Å². The molecule has 0 bridgehead atoms. The van der Waals surface area contributed by atoms with Crippen molar-refractivity contribution in [3.05, 3.63) is 88.5 Å². The van der Waals surface area contributed by atoms with Gasteiger partial charge < -0.3 is 19.1 Å². The Balaban J connectivity index is 1.75. The molecule has 2 heterocycles. The molecule has 216 valence electrons. The van der Waals surface area contributed by atoms with Crippen LogP contribution in [0.1, 0.15) is 64.1 Å². The number of Topliss-reactive ketones (excluding diaryl/α,β-unsaturated/α-hetero) is 3. The molecular formula is C35H35NO6. The molecule has 0 aromatic heterocycles. The third-order valence-electron chi connectivity index (χ3n) is 9.04. The number of benzene rings is 3. The van der Waals surface area contributed by atoms with E-state index in [1.165, 1.54) is 21.3 Å². The minimum Gasteiger partial charge on any atom is -0.493 e. The molecule has 0 unspecified atom stereocenters. The van der Waals surface area contributed by atoms with Crippen molar-refractivity contribution >= 4 is 29.1 Å². The number of ether oxygens (including phenoxy) is 3. The minimum absolute atomic E-state index is 0.0791. The summed E-state index contributed by atoms with van der Waals surface area (Å²) in [5.74, 6) is -0.444. The summed E-state index contributed by atoms with van der Waals surface area (Å²) in [4.78, 5) is 46.4. The first-order valence-electron chi connectivity index (χ1n) is 14.1. The molecule has 1 fully saturated rings. The predicted octanol–water partition coefficient (Wildman–Crippen LogP) is 6.07. The van der Waals surface area contributed by atoms with E-state index in [0.717, 1.165) is 16.8 Å². The zero-order valence-corrected chi connectivity index (χ0v) is 25.0. The quantitative estimate of drug-likeness (QED) is 0.347. The minimum atomic E-state index is -1.62. The van der Waals surface area contributed by atoms with Crippen molar-refractivity contribution in [2.75, 3.05) is 26.2 Å². The molecule has 3 aromatic carbocycles. The van der Waals surface area contributed by atoms with Crippen LogP contribution in [0, 0.1) is 17.8 Å². The van der Waals surface area contributed by atoms with Crippen molar-refractivity contribution in [1.82, 2.24) is 0 Å². The second kappa shape index (κ2) is 9.58. The molecule has 0 amide bonds. The first-order chi connectivity index (χ1) is 20.0.